The number of nitrogens with one attached hydrogen (secondary N) is 1. The summed E-state index contributed by atoms with van der Waals surface area (Å²) in [4.78, 5) is 0. The van der Waals surface area contributed by atoms with Gasteiger partial charge in [0.25, 0.3) is 0 Å². The number of rotatable bonds is 2. The van der Waals surface area contributed by atoms with Gasteiger partial charge < -0.3 is 0 Å². The van der Waals surface area contributed by atoms with Crippen LogP contribution in [-0.4, -0.2) is 16.7 Å². The minimum absolute atomic E-state index is 0.0462. The quantitative estimate of drug-likeness (QED) is 0.125. The second-order valence-corrected chi connectivity index (χ2v) is 1.69. The Morgan fingerprint density at radius 1 is 2.00 bits per heavy atom. The molecule has 0 radical (unpaired) electrons. The number of hydrazine groups is 1. The van der Waals surface area contributed by atoms with Gasteiger partial charge in [-0.25, -0.2) is 5.84 Å². The molecule has 0 aliphatic rings. The summed E-state index contributed by atoms with van der Waals surface area (Å²) in [5.41, 5.74) is 0. The average Bonchev–Trinajstić information content (AvgIpc) is 1.67. The third kappa shape index (κ3) is 2.65. The Hall–Kier alpha value is -0.480. The van der Waals surface area contributed by atoms with E-state index in [1.165, 1.54) is 5.01 Å². The zero-order valence-corrected chi connectivity index (χ0v) is 5.36. The van der Waals surface area contributed by atoms with E-state index < -0.39 is 0 Å². The van der Waals surface area contributed by atoms with Crippen molar-refractivity contribution in [3.8, 4) is 0 Å². The molecule has 0 aromatic heterocycles. The van der Waals surface area contributed by atoms with Crippen molar-refractivity contribution in [3.63, 3.8) is 0 Å². The van der Waals surface area contributed by atoms with Crippen LogP contribution in [0.25, 0.3) is 0 Å². The summed E-state index contributed by atoms with van der Waals surface area (Å²) < 4.78 is 0. The lowest BCUT2D eigenvalue weighted by molar-refractivity contribution is 0.497. The molecule has 0 spiro atoms. The molecule has 0 rings (SSSR count). The van der Waals surface area contributed by atoms with Gasteiger partial charge in [0.2, 0.25) is 0 Å². The molecule has 0 aliphatic carbocycles. The lowest BCUT2D eigenvalue weighted by atomic mass is 10.6. The summed E-state index contributed by atoms with van der Waals surface area (Å²) in [7, 11) is 0. The molecule has 0 atom stereocenters. The Labute approximate surface area is 54.1 Å². The number of nitrogens with two attached hydrogens (primary N) is 1. The average molecular weight is 131 g/mol. The van der Waals surface area contributed by atoms with Gasteiger partial charge in [0.1, 0.15) is 0 Å². The third-order valence-corrected chi connectivity index (χ3v) is 0.855. The van der Waals surface area contributed by atoms with E-state index in [-0.39, 0.29) is 5.17 Å². The van der Waals surface area contributed by atoms with E-state index >= 15 is 0 Å². The summed E-state index contributed by atoms with van der Waals surface area (Å²) in [6.45, 7) is 3.89. The standard InChI is InChI=1S/C4H9N3S/c1-2-3-7(6)4(5)8/h2H,1,3,6H2,(H2,5,8). The Kier molecular flexibility index (Phi) is 3.30. The van der Waals surface area contributed by atoms with Crippen molar-refractivity contribution in [1.82, 2.24) is 5.01 Å². The van der Waals surface area contributed by atoms with Gasteiger partial charge >= 0.3 is 0 Å². The highest BCUT2D eigenvalue weighted by atomic mass is 32.1. The SMILES string of the molecule is C=CCN(N)C(=N)S. The van der Waals surface area contributed by atoms with Crippen LogP contribution in [0.5, 0.6) is 0 Å². The molecule has 0 aliphatic heterocycles. The maximum atomic E-state index is 6.82. The third-order valence-electron chi connectivity index (χ3n) is 0.598. The van der Waals surface area contributed by atoms with Gasteiger partial charge in [-0.2, -0.15) is 0 Å². The molecule has 0 saturated carbocycles. The van der Waals surface area contributed by atoms with Crippen molar-refractivity contribution in [2.45, 2.75) is 0 Å². The first-order valence-electron chi connectivity index (χ1n) is 2.09. The molecule has 0 heterocycles. The normalized spacial score (nSPS) is 8.25. The van der Waals surface area contributed by atoms with Gasteiger partial charge in [0, 0.05) is 0 Å². The van der Waals surface area contributed by atoms with E-state index in [4.69, 9.17) is 11.3 Å². The van der Waals surface area contributed by atoms with Crippen molar-refractivity contribution in [3.05, 3.63) is 12.7 Å². The smallest absolute Gasteiger partial charge is 0.167 e. The molecule has 0 bridgehead atoms. The van der Waals surface area contributed by atoms with Crippen LogP contribution in [0.4, 0.5) is 0 Å². The fourth-order valence-corrected chi connectivity index (χ4v) is 0.307. The van der Waals surface area contributed by atoms with Crippen LogP contribution in [0.3, 0.4) is 0 Å². The molecule has 3 N–H and O–H groups in total. The lowest BCUT2D eigenvalue weighted by Crippen LogP contribution is -2.33. The molecule has 0 aromatic rings. The van der Waals surface area contributed by atoms with E-state index in [2.05, 4.69) is 19.2 Å². The minimum Gasteiger partial charge on any atom is -0.286 e. The van der Waals surface area contributed by atoms with Crippen molar-refractivity contribution >= 4 is 17.8 Å². The molecule has 3 nitrogen and oxygen atoms in total. The second kappa shape index (κ2) is 3.51. The molecular formula is C4H9N3S. The first kappa shape index (κ1) is 7.52. The van der Waals surface area contributed by atoms with Crippen LogP contribution in [0.15, 0.2) is 12.7 Å². The molecular weight excluding hydrogens is 122 g/mol. The number of hydrogen-bond donors (Lipinski definition) is 3. The number of hydrogen-bond acceptors (Lipinski definition) is 2. The fourth-order valence-electron chi connectivity index (χ4n) is 0.226. The van der Waals surface area contributed by atoms with Crippen LogP contribution in [0, 0.1) is 5.41 Å². The van der Waals surface area contributed by atoms with Crippen LogP contribution in [0.1, 0.15) is 0 Å². The first-order chi connectivity index (χ1) is 3.68. The van der Waals surface area contributed by atoms with E-state index in [1.807, 2.05) is 0 Å². The van der Waals surface area contributed by atoms with Gasteiger partial charge in [0.05, 0.1) is 6.54 Å². The number of thiol groups is 1. The highest BCUT2D eigenvalue weighted by molar-refractivity contribution is 7.96. The van der Waals surface area contributed by atoms with Crippen molar-refractivity contribution in [1.29, 1.82) is 5.41 Å². The molecule has 0 saturated heterocycles. The predicted octanol–water partition coefficient (Wildman–Crippen LogP) is 0.213. The van der Waals surface area contributed by atoms with Crippen molar-refractivity contribution in [2.24, 2.45) is 5.84 Å². The van der Waals surface area contributed by atoms with Gasteiger partial charge in [-0.15, -0.1) is 19.2 Å². The van der Waals surface area contributed by atoms with Gasteiger partial charge in [0.15, 0.2) is 5.17 Å². The molecule has 0 unspecified atom stereocenters. The summed E-state index contributed by atoms with van der Waals surface area (Å²) in [5.74, 6) is 5.19. The topological polar surface area (TPSA) is 53.1 Å². The molecule has 46 valence electrons. The molecule has 8 heavy (non-hydrogen) atoms. The van der Waals surface area contributed by atoms with Gasteiger partial charge in [-0.05, 0) is 0 Å². The number of amidine groups is 1. The Balaban J connectivity index is 3.46. The molecule has 0 aromatic carbocycles. The predicted molar refractivity (Wildman–Crippen MR) is 37.8 cm³/mol. The largest absolute Gasteiger partial charge is 0.286 e. The van der Waals surface area contributed by atoms with Crippen LogP contribution in [0.2, 0.25) is 0 Å². The zero-order valence-electron chi connectivity index (χ0n) is 4.46. The van der Waals surface area contributed by atoms with E-state index in [1.54, 1.807) is 6.08 Å². The highest BCUT2D eigenvalue weighted by Crippen LogP contribution is 1.83. The number of nitrogens with zero attached hydrogens (tertiary/aromatic N) is 1. The van der Waals surface area contributed by atoms with Crippen LogP contribution in [-0.2, 0) is 0 Å². The Bertz CT molecular complexity index is 101. The van der Waals surface area contributed by atoms with E-state index in [0.29, 0.717) is 6.54 Å². The monoisotopic (exact) mass is 131 g/mol. The van der Waals surface area contributed by atoms with Crippen molar-refractivity contribution in [2.75, 3.05) is 6.54 Å². The lowest BCUT2D eigenvalue weighted by Gasteiger charge is -2.11. The van der Waals surface area contributed by atoms with E-state index in [0.717, 1.165) is 0 Å². The summed E-state index contributed by atoms with van der Waals surface area (Å²) in [6, 6.07) is 0. The summed E-state index contributed by atoms with van der Waals surface area (Å²) in [5, 5.41) is 8.04. The summed E-state index contributed by atoms with van der Waals surface area (Å²) >= 11 is 3.66. The maximum absolute atomic E-state index is 6.82. The van der Waals surface area contributed by atoms with Crippen molar-refractivity contribution < 1.29 is 0 Å². The Morgan fingerprint density at radius 3 is 2.62 bits per heavy atom. The minimum atomic E-state index is 0.0462. The zero-order chi connectivity index (χ0) is 6.57. The molecule has 4 heteroatoms. The maximum Gasteiger partial charge on any atom is 0.167 e. The van der Waals surface area contributed by atoms with E-state index in [9.17, 15) is 0 Å². The molecule has 0 amide bonds. The first-order valence-corrected chi connectivity index (χ1v) is 2.54. The van der Waals surface area contributed by atoms with Gasteiger partial charge in [-0.1, -0.05) is 6.08 Å². The fraction of sp³-hybridized carbons (Fsp3) is 0.250. The highest BCUT2D eigenvalue weighted by Gasteiger charge is 1.92. The van der Waals surface area contributed by atoms with Crippen LogP contribution < -0.4 is 5.84 Å². The molecule has 0 fully saturated rings. The summed E-state index contributed by atoms with van der Waals surface area (Å²) in [6.07, 6.45) is 1.60. The second-order valence-electron chi connectivity index (χ2n) is 1.26. The van der Waals surface area contributed by atoms with Crippen LogP contribution >= 0.6 is 12.6 Å². The van der Waals surface area contributed by atoms with Gasteiger partial charge in [-0.3, -0.25) is 10.4 Å². The Morgan fingerprint density at radius 2 is 2.50 bits per heavy atom.